The molecule has 0 spiro atoms. The third kappa shape index (κ3) is 2.63. The molecule has 100 valence electrons. The van der Waals surface area contributed by atoms with Crippen LogP contribution < -0.4 is 5.73 Å². The minimum Gasteiger partial charge on any atom is -0.330 e. The number of hydrogen-bond acceptors (Lipinski definition) is 4. The zero-order valence-corrected chi connectivity index (χ0v) is 11.9. The highest BCUT2D eigenvalue weighted by Gasteiger charge is 2.15. The van der Waals surface area contributed by atoms with Crippen molar-refractivity contribution in [1.82, 2.24) is 15.0 Å². The number of nitrogens with two attached hydrogens (primary N) is 1. The van der Waals surface area contributed by atoms with E-state index in [1.165, 1.54) is 0 Å². The first-order valence-corrected chi connectivity index (χ1v) is 6.50. The molecule has 2 heterocycles. The van der Waals surface area contributed by atoms with Crippen molar-refractivity contribution in [3.63, 3.8) is 0 Å². The first-order valence-electron chi connectivity index (χ1n) is 6.50. The maximum absolute atomic E-state index is 5.75. The van der Waals surface area contributed by atoms with E-state index in [2.05, 4.69) is 21.9 Å². The van der Waals surface area contributed by atoms with Crippen LogP contribution in [-0.4, -0.2) is 21.5 Å². The predicted molar refractivity (Wildman–Crippen MR) is 76.9 cm³/mol. The van der Waals surface area contributed by atoms with Crippen LogP contribution in [0.5, 0.6) is 0 Å². The van der Waals surface area contributed by atoms with Gasteiger partial charge in [0.05, 0.1) is 0 Å². The summed E-state index contributed by atoms with van der Waals surface area (Å²) in [4.78, 5) is 13.4. The average Bonchev–Trinajstić information content (AvgIpc) is 2.38. The molecule has 2 rings (SSSR count). The molecule has 0 amide bonds. The van der Waals surface area contributed by atoms with Gasteiger partial charge in [-0.1, -0.05) is 6.92 Å². The Kier molecular flexibility index (Phi) is 3.90. The third-order valence-corrected chi connectivity index (χ3v) is 3.45. The van der Waals surface area contributed by atoms with Gasteiger partial charge in [0.15, 0.2) is 5.82 Å². The zero-order chi connectivity index (χ0) is 14.0. The van der Waals surface area contributed by atoms with E-state index >= 15 is 0 Å². The van der Waals surface area contributed by atoms with Gasteiger partial charge in [-0.25, -0.2) is 9.97 Å². The highest BCUT2D eigenvalue weighted by atomic mass is 14.9. The largest absolute Gasteiger partial charge is 0.330 e. The number of rotatable bonds is 3. The Hall–Kier alpha value is -1.81. The molecule has 0 aliphatic heterocycles. The first kappa shape index (κ1) is 13.6. The summed E-state index contributed by atoms with van der Waals surface area (Å²) >= 11 is 0. The summed E-state index contributed by atoms with van der Waals surface area (Å²) < 4.78 is 0. The molecule has 0 fully saturated rings. The molecule has 19 heavy (non-hydrogen) atoms. The molecule has 0 aliphatic carbocycles. The van der Waals surface area contributed by atoms with Gasteiger partial charge in [-0.2, -0.15) is 0 Å². The van der Waals surface area contributed by atoms with Gasteiger partial charge in [0, 0.05) is 29.3 Å². The van der Waals surface area contributed by atoms with Crippen molar-refractivity contribution in [2.24, 2.45) is 5.73 Å². The fourth-order valence-electron chi connectivity index (χ4n) is 2.37. The minimum absolute atomic E-state index is 0.282. The quantitative estimate of drug-likeness (QED) is 0.916. The van der Waals surface area contributed by atoms with Crippen molar-refractivity contribution in [2.75, 3.05) is 6.54 Å². The topological polar surface area (TPSA) is 64.7 Å². The summed E-state index contributed by atoms with van der Waals surface area (Å²) in [5, 5.41) is 0. The number of aryl methyl sites for hydroxylation is 3. The Bertz CT molecular complexity index is 569. The van der Waals surface area contributed by atoms with Crippen LogP contribution in [0.15, 0.2) is 18.5 Å². The van der Waals surface area contributed by atoms with Crippen LogP contribution in [0.2, 0.25) is 0 Å². The molecule has 0 radical (unpaired) electrons. The molecule has 0 saturated heterocycles. The summed E-state index contributed by atoms with van der Waals surface area (Å²) in [5.41, 5.74) is 11.0. The van der Waals surface area contributed by atoms with Crippen LogP contribution in [-0.2, 0) is 0 Å². The lowest BCUT2D eigenvalue weighted by molar-refractivity contribution is 0.744. The molecule has 0 bridgehead atoms. The van der Waals surface area contributed by atoms with Crippen molar-refractivity contribution in [3.05, 3.63) is 41.0 Å². The van der Waals surface area contributed by atoms with Crippen molar-refractivity contribution in [3.8, 4) is 11.4 Å². The van der Waals surface area contributed by atoms with Crippen LogP contribution >= 0.6 is 0 Å². The van der Waals surface area contributed by atoms with Gasteiger partial charge in [0.25, 0.3) is 0 Å². The molecular weight excluding hydrogens is 236 g/mol. The number of nitrogens with zero attached hydrogens (tertiary/aromatic N) is 3. The maximum Gasteiger partial charge on any atom is 0.161 e. The molecule has 0 aliphatic rings. The van der Waals surface area contributed by atoms with Crippen LogP contribution in [0.1, 0.15) is 35.4 Å². The lowest BCUT2D eigenvalue weighted by atomic mass is 9.98. The van der Waals surface area contributed by atoms with E-state index in [1.807, 2.05) is 33.0 Å². The van der Waals surface area contributed by atoms with E-state index < -0.39 is 0 Å². The Labute approximate surface area is 114 Å². The molecule has 2 aromatic rings. The molecule has 1 atom stereocenters. The van der Waals surface area contributed by atoms with Gasteiger partial charge in [0.2, 0.25) is 0 Å². The van der Waals surface area contributed by atoms with E-state index in [1.54, 1.807) is 6.20 Å². The van der Waals surface area contributed by atoms with Crippen LogP contribution in [0.25, 0.3) is 11.4 Å². The molecule has 2 N–H and O–H groups in total. The van der Waals surface area contributed by atoms with E-state index in [9.17, 15) is 0 Å². The highest BCUT2D eigenvalue weighted by Crippen LogP contribution is 2.25. The summed E-state index contributed by atoms with van der Waals surface area (Å²) in [5.74, 6) is 1.03. The fraction of sp³-hybridized carbons (Fsp3) is 0.400. The van der Waals surface area contributed by atoms with E-state index in [0.29, 0.717) is 6.54 Å². The number of hydrogen-bond donors (Lipinski definition) is 1. The predicted octanol–water partition coefficient (Wildman–Crippen LogP) is 2.53. The monoisotopic (exact) mass is 256 g/mol. The Morgan fingerprint density at radius 1 is 1.16 bits per heavy atom. The van der Waals surface area contributed by atoms with Gasteiger partial charge in [-0.3, -0.25) is 4.98 Å². The Balaban J connectivity index is 2.55. The second-order valence-corrected chi connectivity index (χ2v) is 4.96. The molecule has 0 aromatic carbocycles. The Morgan fingerprint density at radius 3 is 2.32 bits per heavy atom. The lowest BCUT2D eigenvalue weighted by Crippen LogP contribution is -2.14. The van der Waals surface area contributed by atoms with E-state index in [4.69, 9.17) is 5.73 Å². The molecule has 2 aromatic heterocycles. The summed E-state index contributed by atoms with van der Waals surface area (Å²) in [6, 6.07) is 1.97. The van der Waals surface area contributed by atoms with Gasteiger partial charge in [-0.05, 0) is 50.4 Å². The first-order chi connectivity index (χ1) is 9.04. The second kappa shape index (κ2) is 5.45. The van der Waals surface area contributed by atoms with Gasteiger partial charge in [0.1, 0.15) is 0 Å². The average molecular weight is 256 g/mol. The third-order valence-electron chi connectivity index (χ3n) is 3.45. The fourth-order valence-corrected chi connectivity index (χ4v) is 2.37. The minimum atomic E-state index is 0.282. The standard InChI is InChI=1S/C15H20N4/c1-9-5-6-17-8-13(9)15-18-11(3)14(10(2)7-16)12(4)19-15/h5-6,8,10H,7,16H2,1-4H3. The molecule has 0 saturated carbocycles. The molecule has 1 unspecified atom stereocenters. The van der Waals surface area contributed by atoms with E-state index in [0.717, 1.165) is 33.9 Å². The maximum atomic E-state index is 5.75. The van der Waals surface area contributed by atoms with Crippen molar-refractivity contribution in [2.45, 2.75) is 33.6 Å². The van der Waals surface area contributed by atoms with Gasteiger partial charge < -0.3 is 5.73 Å². The zero-order valence-electron chi connectivity index (χ0n) is 11.9. The molecule has 4 nitrogen and oxygen atoms in total. The van der Waals surface area contributed by atoms with Crippen LogP contribution in [0.3, 0.4) is 0 Å². The highest BCUT2D eigenvalue weighted by molar-refractivity contribution is 5.59. The molecule has 4 heteroatoms. The smallest absolute Gasteiger partial charge is 0.161 e. The van der Waals surface area contributed by atoms with Crippen molar-refractivity contribution in [1.29, 1.82) is 0 Å². The number of pyridine rings is 1. The SMILES string of the molecule is Cc1ccncc1-c1nc(C)c(C(C)CN)c(C)n1. The van der Waals surface area contributed by atoms with Crippen molar-refractivity contribution < 1.29 is 0 Å². The summed E-state index contributed by atoms with van der Waals surface area (Å²) in [6.45, 7) is 8.79. The second-order valence-electron chi connectivity index (χ2n) is 4.96. The van der Waals surface area contributed by atoms with Gasteiger partial charge in [-0.15, -0.1) is 0 Å². The normalized spacial score (nSPS) is 12.5. The van der Waals surface area contributed by atoms with E-state index in [-0.39, 0.29) is 5.92 Å². The summed E-state index contributed by atoms with van der Waals surface area (Å²) in [7, 11) is 0. The summed E-state index contributed by atoms with van der Waals surface area (Å²) in [6.07, 6.45) is 3.60. The number of aromatic nitrogens is 3. The lowest BCUT2D eigenvalue weighted by Gasteiger charge is -2.16. The van der Waals surface area contributed by atoms with Crippen molar-refractivity contribution >= 4 is 0 Å². The Morgan fingerprint density at radius 2 is 1.79 bits per heavy atom. The van der Waals surface area contributed by atoms with Gasteiger partial charge >= 0.3 is 0 Å². The van der Waals surface area contributed by atoms with Crippen LogP contribution in [0, 0.1) is 20.8 Å². The molecular formula is C15H20N4. The van der Waals surface area contributed by atoms with Crippen LogP contribution in [0.4, 0.5) is 0 Å².